The van der Waals surface area contributed by atoms with Crippen LogP contribution in [0.3, 0.4) is 0 Å². The Bertz CT molecular complexity index is 704. The molecule has 1 aromatic heterocycles. The van der Waals surface area contributed by atoms with Crippen LogP contribution in [0.1, 0.15) is 13.8 Å². The van der Waals surface area contributed by atoms with Crippen molar-refractivity contribution in [3.63, 3.8) is 0 Å². The summed E-state index contributed by atoms with van der Waals surface area (Å²) in [4.78, 5) is 14.4. The monoisotopic (exact) mass is 331 g/mol. The number of nitrogens with two attached hydrogens (primary N) is 1. The minimum atomic E-state index is -0.993. The highest BCUT2D eigenvalue weighted by atomic mass is 79.9. The average molecular weight is 332 g/mol. The van der Waals surface area contributed by atoms with E-state index in [1.54, 1.807) is 24.5 Å². The Labute approximate surface area is 116 Å². The molecule has 7 heteroatoms. The third kappa shape index (κ3) is 1.87. The molecular weight excluding hydrogens is 321 g/mol. The lowest BCUT2D eigenvalue weighted by Crippen LogP contribution is -2.41. The van der Waals surface area contributed by atoms with Gasteiger partial charge >= 0.3 is 0 Å². The molecule has 0 unspecified atom stereocenters. The molecule has 4 nitrogen and oxygen atoms in total. The minimum absolute atomic E-state index is 0.304. The zero-order valence-electron chi connectivity index (χ0n) is 9.75. The summed E-state index contributed by atoms with van der Waals surface area (Å²) in [5.41, 5.74) is 5.54. The lowest BCUT2D eigenvalue weighted by atomic mass is 10.0. The first-order chi connectivity index (χ1) is 8.25. The molecule has 96 valence electrons. The minimum Gasteiger partial charge on any atom is -0.368 e. The first-order valence-corrected chi connectivity index (χ1v) is 6.35. The molecule has 0 bridgehead atoms. The smallest absolute Gasteiger partial charge is 0.243 e. The Morgan fingerprint density at radius 3 is 2.72 bits per heavy atom. The van der Waals surface area contributed by atoms with Gasteiger partial charge in [-0.1, -0.05) is 0 Å². The van der Waals surface area contributed by atoms with E-state index in [2.05, 4.69) is 20.9 Å². The van der Waals surface area contributed by atoms with Gasteiger partial charge in [0.05, 0.1) is 15.5 Å². The summed E-state index contributed by atoms with van der Waals surface area (Å²) in [6.07, 6.45) is 0. The maximum atomic E-state index is 13.4. The quantitative estimate of drug-likeness (QED) is 0.831. The molecule has 0 spiro atoms. The van der Waals surface area contributed by atoms with Gasteiger partial charge in [0, 0.05) is 6.07 Å². The Morgan fingerprint density at radius 1 is 1.56 bits per heavy atom. The van der Waals surface area contributed by atoms with Gasteiger partial charge in [-0.05, 0) is 48.1 Å². The second kappa shape index (κ2) is 4.17. The Balaban J connectivity index is 2.88. The zero-order chi connectivity index (χ0) is 13.7. The SMILES string of the molecule is CC(C)(C(N)=O)n1c(=S)[nH]c2cc(F)c(Br)cc21. The fraction of sp³-hybridized carbons (Fsp3) is 0.273. The Kier molecular flexibility index (Phi) is 3.06. The molecule has 0 saturated heterocycles. The highest BCUT2D eigenvalue weighted by Gasteiger charge is 2.30. The number of aromatic amines is 1. The van der Waals surface area contributed by atoms with Gasteiger partial charge in [0.2, 0.25) is 5.91 Å². The van der Waals surface area contributed by atoms with E-state index in [1.807, 2.05) is 0 Å². The molecule has 1 amide bonds. The zero-order valence-corrected chi connectivity index (χ0v) is 12.2. The third-order valence-electron chi connectivity index (χ3n) is 2.89. The van der Waals surface area contributed by atoms with Gasteiger partial charge in [-0.25, -0.2) is 4.39 Å². The molecule has 0 saturated carbocycles. The molecule has 2 rings (SSSR count). The molecule has 0 aliphatic carbocycles. The van der Waals surface area contributed by atoms with E-state index in [-0.39, 0.29) is 0 Å². The van der Waals surface area contributed by atoms with Gasteiger partial charge < -0.3 is 15.3 Å². The number of primary amides is 1. The van der Waals surface area contributed by atoms with Crippen LogP contribution in [0.4, 0.5) is 4.39 Å². The van der Waals surface area contributed by atoms with Gasteiger partial charge in [0.15, 0.2) is 4.77 Å². The predicted octanol–water partition coefficient (Wildman–Crippen LogP) is 2.82. The molecule has 1 heterocycles. The molecule has 0 fully saturated rings. The maximum Gasteiger partial charge on any atom is 0.243 e. The molecule has 1 aromatic carbocycles. The van der Waals surface area contributed by atoms with Crippen molar-refractivity contribution in [3.8, 4) is 0 Å². The number of benzene rings is 1. The van der Waals surface area contributed by atoms with Gasteiger partial charge in [0.1, 0.15) is 11.4 Å². The maximum absolute atomic E-state index is 13.4. The van der Waals surface area contributed by atoms with Crippen LogP contribution in [-0.4, -0.2) is 15.5 Å². The van der Waals surface area contributed by atoms with E-state index in [4.69, 9.17) is 18.0 Å². The van der Waals surface area contributed by atoms with Crippen LogP contribution >= 0.6 is 28.1 Å². The number of fused-ring (bicyclic) bond motifs is 1. The van der Waals surface area contributed by atoms with Crippen LogP contribution in [0.25, 0.3) is 11.0 Å². The molecular formula is C11H11BrFN3OS. The summed E-state index contributed by atoms with van der Waals surface area (Å²) in [5.74, 6) is -0.914. The van der Waals surface area contributed by atoms with Crippen LogP contribution < -0.4 is 5.73 Å². The average Bonchev–Trinajstić information content (AvgIpc) is 2.54. The molecule has 0 radical (unpaired) electrons. The Morgan fingerprint density at radius 2 is 2.17 bits per heavy atom. The van der Waals surface area contributed by atoms with Crippen molar-refractivity contribution in [2.24, 2.45) is 5.73 Å². The van der Waals surface area contributed by atoms with Gasteiger partial charge in [-0.2, -0.15) is 0 Å². The predicted molar refractivity (Wildman–Crippen MR) is 73.3 cm³/mol. The lowest BCUT2D eigenvalue weighted by Gasteiger charge is -2.23. The van der Waals surface area contributed by atoms with Crippen LogP contribution in [0, 0.1) is 10.6 Å². The number of H-pyrrole nitrogens is 1. The fourth-order valence-corrected chi connectivity index (χ4v) is 2.53. The number of rotatable bonds is 2. The van der Waals surface area contributed by atoms with E-state index >= 15 is 0 Å². The number of carbonyl (C=O) groups is 1. The van der Waals surface area contributed by atoms with E-state index in [0.717, 1.165) is 0 Å². The molecule has 2 aromatic rings. The summed E-state index contributed by atoms with van der Waals surface area (Å²) in [5, 5.41) is 0. The molecule has 0 aliphatic rings. The number of carbonyl (C=O) groups excluding carboxylic acids is 1. The summed E-state index contributed by atoms with van der Waals surface area (Å²) >= 11 is 8.28. The molecule has 0 atom stereocenters. The molecule has 0 aliphatic heterocycles. The number of nitrogens with zero attached hydrogens (tertiary/aromatic N) is 1. The van der Waals surface area contributed by atoms with Gasteiger partial charge in [-0.3, -0.25) is 4.79 Å². The van der Waals surface area contributed by atoms with E-state index in [9.17, 15) is 9.18 Å². The highest BCUT2D eigenvalue weighted by Crippen LogP contribution is 2.27. The van der Waals surface area contributed by atoms with Gasteiger partial charge in [0.25, 0.3) is 0 Å². The number of hydrogen-bond donors (Lipinski definition) is 2. The summed E-state index contributed by atoms with van der Waals surface area (Å²) < 4.78 is 15.7. The van der Waals surface area contributed by atoms with Crippen molar-refractivity contribution in [1.82, 2.24) is 9.55 Å². The van der Waals surface area contributed by atoms with E-state index < -0.39 is 17.3 Å². The van der Waals surface area contributed by atoms with Crippen molar-refractivity contribution in [3.05, 3.63) is 27.2 Å². The highest BCUT2D eigenvalue weighted by molar-refractivity contribution is 9.10. The summed E-state index contributed by atoms with van der Waals surface area (Å²) in [6, 6.07) is 2.89. The Hall–Kier alpha value is -1.21. The van der Waals surface area contributed by atoms with Crippen LogP contribution in [0.2, 0.25) is 0 Å². The number of nitrogens with one attached hydrogen (secondary N) is 1. The van der Waals surface area contributed by atoms with Crippen molar-refractivity contribution in [2.45, 2.75) is 19.4 Å². The number of amides is 1. The first kappa shape index (κ1) is 13.2. The second-order valence-electron chi connectivity index (χ2n) is 4.47. The number of aromatic nitrogens is 2. The third-order valence-corrected chi connectivity index (χ3v) is 3.78. The van der Waals surface area contributed by atoms with Crippen LogP contribution in [0.5, 0.6) is 0 Å². The first-order valence-electron chi connectivity index (χ1n) is 5.15. The standard InChI is InChI=1S/C11H11BrFN3OS/c1-11(2,9(14)17)16-8-3-5(12)6(13)4-7(8)15-10(16)18/h3-4H,1-2H3,(H2,14,17)(H,15,18). The topological polar surface area (TPSA) is 63.8 Å². The normalized spacial score (nSPS) is 12.0. The van der Waals surface area contributed by atoms with Crippen molar-refractivity contribution < 1.29 is 9.18 Å². The molecule has 3 N–H and O–H groups in total. The van der Waals surface area contributed by atoms with E-state index in [0.29, 0.717) is 20.3 Å². The van der Waals surface area contributed by atoms with E-state index in [1.165, 1.54) is 6.07 Å². The molecule has 18 heavy (non-hydrogen) atoms. The van der Waals surface area contributed by atoms with Crippen LogP contribution in [-0.2, 0) is 10.3 Å². The number of halogens is 2. The van der Waals surface area contributed by atoms with Crippen molar-refractivity contribution in [1.29, 1.82) is 0 Å². The van der Waals surface area contributed by atoms with Crippen molar-refractivity contribution in [2.75, 3.05) is 0 Å². The lowest BCUT2D eigenvalue weighted by molar-refractivity contribution is -0.124. The summed E-state index contributed by atoms with van der Waals surface area (Å²) in [7, 11) is 0. The van der Waals surface area contributed by atoms with Crippen LogP contribution in [0.15, 0.2) is 16.6 Å². The fourth-order valence-electron chi connectivity index (χ4n) is 1.77. The largest absolute Gasteiger partial charge is 0.368 e. The van der Waals surface area contributed by atoms with Crippen molar-refractivity contribution >= 4 is 45.1 Å². The second-order valence-corrected chi connectivity index (χ2v) is 5.71. The number of hydrogen-bond acceptors (Lipinski definition) is 2. The number of imidazole rings is 1. The van der Waals surface area contributed by atoms with Gasteiger partial charge in [-0.15, -0.1) is 0 Å². The summed E-state index contributed by atoms with van der Waals surface area (Å²) in [6.45, 7) is 3.32.